The van der Waals surface area contributed by atoms with E-state index in [-0.39, 0.29) is 34.2 Å². The molecule has 0 aliphatic heterocycles. The molecular weight excluding hydrogens is 611 g/mol. The number of hydrogen-bond acceptors (Lipinski definition) is 6. The molecule has 2 amide bonds. The Morgan fingerprint density at radius 2 is 1.56 bits per heavy atom. The van der Waals surface area contributed by atoms with Crippen molar-refractivity contribution in [2.24, 2.45) is 5.10 Å². The van der Waals surface area contributed by atoms with Crippen molar-refractivity contribution in [2.45, 2.75) is 17.9 Å². The summed E-state index contributed by atoms with van der Waals surface area (Å²) in [6.45, 7) is 1.15. The number of ether oxygens (including phenoxy) is 1. The number of anilines is 1. The Balaban J connectivity index is 1.34. The third-order valence-electron chi connectivity index (χ3n) is 6.13. The first-order chi connectivity index (χ1) is 20.6. The molecule has 12 heteroatoms. The second-order valence-electron chi connectivity index (χ2n) is 9.27. The Labute approximate surface area is 260 Å². The van der Waals surface area contributed by atoms with Crippen LogP contribution in [0.5, 0.6) is 5.75 Å². The van der Waals surface area contributed by atoms with Crippen LogP contribution in [0, 0.1) is 0 Å². The van der Waals surface area contributed by atoms with E-state index in [1.54, 1.807) is 42.5 Å². The molecule has 0 saturated heterocycles. The minimum absolute atomic E-state index is 0.0113. The van der Waals surface area contributed by atoms with Crippen LogP contribution < -0.4 is 19.8 Å². The van der Waals surface area contributed by atoms with Crippen molar-refractivity contribution in [3.63, 3.8) is 0 Å². The van der Waals surface area contributed by atoms with Crippen LogP contribution in [0.3, 0.4) is 0 Å². The first kappa shape index (κ1) is 31.6. The molecule has 222 valence electrons. The van der Waals surface area contributed by atoms with Crippen molar-refractivity contribution in [1.29, 1.82) is 0 Å². The van der Waals surface area contributed by atoms with Crippen LogP contribution >= 0.6 is 23.2 Å². The normalized spacial score (nSPS) is 12.0. The molecule has 4 rings (SSSR count). The van der Waals surface area contributed by atoms with Crippen molar-refractivity contribution in [3.8, 4) is 5.75 Å². The van der Waals surface area contributed by atoms with Gasteiger partial charge in [0.05, 0.1) is 27.9 Å². The van der Waals surface area contributed by atoms with Gasteiger partial charge in [-0.15, -0.1) is 0 Å². The summed E-state index contributed by atoms with van der Waals surface area (Å²) >= 11 is 12.3. The second-order valence-corrected chi connectivity index (χ2v) is 12.0. The monoisotopic (exact) mass is 638 g/mol. The van der Waals surface area contributed by atoms with Gasteiger partial charge in [-0.25, -0.2) is 13.8 Å². The Kier molecular flexibility index (Phi) is 10.8. The molecule has 1 atom stereocenters. The number of hydrazone groups is 1. The molecule has 0 unspecified atom stereocenters. The summed E-state index contributed by atoms with van der Waals surface area (Å²) in [6.07, 6.45) is 1.39. The van der Waals surface area contributed by atoms with E-state index in [1.807, 2.05) is 37.3 Å². The molecular formula is C31H28Cl2N4O5S. The molecule has 2 N–H and O–H groups in total. The lowest BCUT2D eigenvalue weighted by molar-refractivity contribution is -0.123. The minimum atomic E-state index is -4.15. The van der Waals surface area contributed by atoms with Crippen molar-refractivity contribution in [2.75, 3.05) is 17.5 Å². The number of hydrogen-bond donors (Lipinski definition) is 2. The molecule has 0 aromatic heterocycles. The number of nitrogens with one attached hydrogen (secondary N) is 2. The smallest absolute Gasteiger partial charge is 0.264 e. The molecule has 4 aromatic rings. The third kappa shape index (κ3) is 8.81. The van der Waals surface area contributed by atoms with Crippen LogP contribution in [0.2, 0.25) is 10.0 Å². The minimum Gasteiger partial charge on any atom is -0.484 e. The molecule has 0 spiro atoms. The fourth-order valence-electron chi connectivity index (χ4n) is 3.95. The number of halogens is 2. The van der Waals surface area contributed by atoms with E-state index in [9.17, 15) is 18.0 Å². The van der Waals surface area contributed by atoms with Crippen LogP contribution in [0.4, 0.5) is 5.69 Å². The Morgan fingerprint density at radius 3 is 2.21 bits per heavy atom. The van der Waals surface area contributed by atoms with Gasteiger partial charge in [0.15, 0.2) is 6.61 Å². The van der Waals surface area contributed by atoms with E-state index in [0.717, 1.165) is 9.87 Å². The highest BCUT2D eigenvalue weighted by atomic mass is 35.5. The molecule has 0 bridgehead atoms. The SMILES string of the molecule is C[C@@H](NC(=O)COc1ccc(/C=N\NC(=O)CN(c2ccc(Cl)cc2Cl)S(=O)(=O)c2ccccc2)cc1)c1ccccc1. The highest BCUT2D eigenvalue weighted by molar-refractivity contribution is 7.92. The van der Waals surface area contributed by atoms with E-state index < -0.39 is 22.5 Å². The van der Waals surface area contributed by atoms with Crippen molar-refractivity contribution < 1.29 is 22.7 Å². The predicted octanol–water partition coefficient (Wildman–Crippen LogP) is 5.60. The van der Waals surface area contributed by atoms with Gasteiger partial charge in [-0.1, -0.05) is 71.7 Å². The summed E-state index contributed by atoms with van der Waals surface area (Å²) < 4.78 is 33.3. The Morgan fingerprint density at radius 1 is 0.907 bits per heavy atom. The van der Waals surface area contributed by atoms with Crippen LogP contribution in [0.1, 0.15) is 24.1 Å². The van der Waals surface area contributed by atoms with Gasteiger partial charge in [0.25, 0.3) is 21.8 Å². The zero-order valence-corrected chi connectivity index (χ0v) is 25.3. The number of sulfonamides is 1. The quantitative estimate of drug-likeness (QED) is 0.155. The van der Waals surface area contributed by atoms with Crippen LogP contribution in [-0.2, 0) is 19.6 Å². The number of rotatable bonds is 12. The fourth-order valence-corrected chi connectivity index (χ4v) is 5.98. The summed E-state index contributed by atoms with van der Waals surface area (Å²) in [6, 6.07) is 28.2. The number of carbonyl (C=O) groups is 2. The van der Waals surface area contributed by atoms with E-state index in [0.29, 0.717) is 16.3 Å². The van der Waals surface area contributed by atoms with Gasteiger partial charge in [-0.05, 0) is 72.6 Å². The van der Waals surface area contributed by atoms with Gasteiger partial charge < -0.3 is 10.1 Å². The molecule has 0 heterocycles. The predicted molar refractivity (Wildman–Crippen MR) is 168 cm³/mol. The average Bonchev–Trinajstić information content (AvgIpc) is 3.00. The lowest BCUT2D eigenvalue weighted by atomic mass is 10.1. The standard InChI is InChI=1S/C31H28Cl2N4O5S/c1-22(24-8-4-2-5-9-24)35-31(39)21-42-26-15-12-23(13-16-26)19-34-36-30(38)20-37(29-17-14-25(32)18-28(29)33)43(40,41)27-10-6-3-7-11-27/h2-19,22H,20-21H2,1H3,(H,35,39)(H,36,38)/b34-19-/t22-/m1/s1. The highest BCUT2D eigenvalue weighted by Gasteiger charge is 2.28. The van der Waals surface area contributed by atoms with Gasteiger partial charge >= 0.3 is 0 Å². The third-order valence-corrected chi connectivity index (χ3v) is 8.44. The Bertz CT molecular complexity index is 1690. The van der Waals surface area contributed by atoms with E-state index in [1.165, 1.54) is 36.5 Å². The average molecular weight is 640 g/mol. The molecule has 0 fully saturated rings. The Hall–Kier alpha value is -4.38. The zero-order valence-electron chi connectivity index (χ0n) is 23.0. The number of carbonyl (C=O) groups excluding carboxylic acids is 2. The molecule has 0 aliphatic rings. The van der Waals surface area contributed by atoms with Crippen LogP contribution in [-0.4, -0.2) is 39.6 Å². The van der Waals surface area contributed by atoms with Gasteiger partial charge in [0, 0.05) is 5.02 Å². The van der Waals surface area contributed by atoms with E-state index in [4.69, 9.17) is 27.9 Å². The lowest BCUT2D eigenvalue weighted by Crippen LogP contribution is -2.39. The molecule has 4 aromatic carbocycles. The topological polar surface area (TPSA) is 117 Å². The van der Waals surface area contributed by atoms with Crippen LogP contribution in [0.25, 0.3) is 0 Å². The zero-order chi connectivity index (χ0) is 30.8. The fraction of sp³-hybridized carbons (Fsp3) is 0.129. The highest BCUT2D eigenvalue weighted by Crippen LogP contribution is 2.32. The maximum atomic E-state index is 13.4. The van der Waals surface area contributed by atoms with Gasteiger partial charge in [0.2, 0.25) is 0 Å². The van der Waals surface area contributed by atoms with Crippen molar-refractivity contribution in [1.82, 2.24) is 10.7 Å². The molecule has 0 radical (unpaired) electrons. The molecule has 9 nitrogen and oxygen atoms in total. The second kappa shape index (κ2) is 14.7. The summed E-state index contributed by atoms with van der Waals surface area (Å²) in [7, 11) is -4.15. The van der Waals surface area contributed by atoms with Crippen molar-refractivity contribution in [3.05, 3.63) is 124 Å². The van der Waals surface area contributed by atoms with Gasteiger partial charge in [0.1, 0.15) is 12.3 Å². The molecule has 43 heavy (non-hydrogen) atoms. The first-order valence-electron chi connectivity index (χ1n) is 13.1. The van der Waals surface area contributed by atoms with E-state index in [2.05, 4.69) is 15.8 Å². The maximum Gasteiger partial charge on any atom is 0.264 e. The molecule has 0 saturated carbocycles. The molecule has 0 aliphatic carbocycles. The number of amides is 2. The lowest BCUT2D eigenvalue weighted by Gasteiger charge is -2.24. The van der Waals surface area contributed by atoms with E-state index >= 15 is 0 Å². The van der Waals surface area contributed by atoms with Crippen LogP contribution in [0.15, 0.2) is 113 Å². The van der Waals surface area contributed by atoms with Crippen molar-refractivity contribution >= 4 is 56.9 Å². The van der Waals surface area contributed by atoms with Gasteiger partial charge in [-0.3, -0.25) is 13.9 Å². The number of benzene rings is 4. The summed E-state index contributed by atoms with van der Waals surface area (Å²) in [5.74, 6) is -0.476. The summed E-state index contributed by atoms with van der Waals surface area (Å²) in [5.41, 5.74) is 4.05. The summed E-state index contributed by atoms with van der Waals surface area (Å²) in [5, 5.41) is 7.20. The number of nitrogens with zero attached hydrogens (tertiary/aromatic N) is 2. The largest absolute Gasteiger partial charge is 0.484 e. The summed E-state index contributed by atoms with van der Waals surface area (Å²) in [4.78, 5) is 25.0. The maximum absolute atomic E-state index is 13.4. The first-order valence-corrected chi connectivity index (χ1v) is 15.2. The van der Waals surface area contributed by atoms with Gasteiger partial charge in [-0.2, -0.15) is 5.10 Å².